The fourth-order valence-corrected chi connectivity index (χ4v) is 2.48. The van der Waals surface area contributed by atoms with E-state index in [1.54, 1.807) is 0 Å². The zero-order valence-electron chi connectivity index (χ0n) is 10.6. The van der Waals surface area contributed by atoms with E-state index >= 15 is 0 Å². The van der Waals surface area contributed by atoms with Crippen LogP contribution in [-0.2, 0) is 6.54 Å². The summed E-state index contributed by atoms with van der Waals surface area (Å²) < 4.78 is 2.00. The highest BCUT2D eigenvalue weighted by atomic mass is 16.1. The first-order chi connectivity index (χ1) is 8.16. The van der Waals surface area contributed by atoms with Crippen molar-refractivity contribution in [2.45, 2.75) is 58.2 Å². The Kier molecular flexibility index (Phi) is 2.58. The minimum absolute atomic E-state index is 0.234. The van der Waals surface area contributed by atoms with Gasteiger partial charge in [-0.1, -0.05) is 0 Å². The van der Waals surface area contributed by atoms with Crippen LogP contribution in [0.1, 0.15) is 48.5 Å². The third-order valence-electron chi connectivity index (χ3n) is 3.82. The quantitative estimate of drug-likeness (QED) is 0.862. The summed E-state index contributed by atoms with van der Waals surface area (Å²) in [4.78, 5) is 12.4. The van der Waals surface area contributed by atoms with Gasteiger partial charge in [0, 0.05) is 29.9 Å². The van der Waals surface area contributed by atoms with Gasteiger partial charge in [-0.15, -0.1) is 0 Å². The molecule has 0 aliphatic heterocycles. The average Bonchev–Trinajstić information content (AvgIpc) is 3.12. The van der Waals surface area contributed by atoms with Gasteiger partial charge in [-0.05, 0) is 51.2 Å². The van der Waals surface area contributed by atoms with E-state index in [1.165, 1.54) is 25.7 Å². The first-order valence-corrected chi connectivity index (χ1v) is 6.62. The number of aryl methyl sites for hydroxylation is 2. The Morgan fingerprint density at radius 3 is 2.59 bits per heavy atom. The van der Waals surface area contributed by atoms with Crippen LogP contribution in [0.2, 0.25) is 0 Å². The Bertz CT molecular complexity index is 496. The maximum Gasteiger partial charge on any atom is 0.255 e. The van der Waals surface area contributed by atoms with Crippen molar-refractivity contribution in [1.29, 1.82) is 0 Å². The van der Waals surface area contributed by atoms with E-state index in [0.29, 0.717) is 12.1 Å². The second kappa shape index (κ2) is 3.98. The van der Waals surface area contributed by atoms with E-state index in [0.717, 1.165) is 23.4 Å². The van der Waals surface area contributed by atoms with Gasteiger partial charge in [0.05, 0.1) is 0 Å². The smallest absolute Gasteiger partial charge is 0.255 e. The van der Waals surface area contributed by atoms with Crippen LogP contribution in [0.15, 0.2) is 10.9 Å². The minimum Gasteiger partial charge on any atom is -0.310 e. The predicted molar refractivity (Wildman–Crippen MR) is 68.3 cm³/mol. The molecule has 2 aliphatic carbocycles. The fourth-order valence-electron chi connectivity index (χ4n) is 2.48. The Balaban J connectivity index is 1.94. The molecule has 2 saturated carbocycles. The van der Waals surface area contributed by atoms with Crippen molar-refractivity contribution in [3.63, 3.8) is 0 Å². The van der Waals surface area contributed by atoms with E-state index in [-0.39, 0.29) is 5.56 Å². The van der Waals surface area contributed by atoms with E-state index in [4.69, 9.17) is 0 Å². The molecule has 0 saturated heterocycles. The van der Waals surface area contributed by atoms with Crippen molar-refractivity contribution in [2.24, 2.45) is 0 Å². The summed E-state index contributed by atoms with van der Waals surface area (Å²) in [5.74, 6) is 0. The van der Waals surface area contributed by atoms with Gasteiger partial charge >= 0.3 is 0 Å². The van der Waals surface area contributed by atoms with Gasteiger partial charge in [0.15, 0.2) is 0 Å². The summed E-state index contributed by atoms with van der Waals surface area (Å²) in [7, 11) is 0. The Hall–Kier alpha value is -1.09. The maximum atomic E-state index is 12.4. The molecule has 1 N–H and O–H groups in total. The molecule has 92 valence electrons. The second-order valence-corrected chi connectivity index (χ2v) is 5.51. The van der Waals surface area contributed by atoms with Gasteiger partial charge in [0.25, 0.3) is 5.56 Å². The molecule has 0 atom stereocenters. The lowest BCUT2D eigenvalue weighted by Gasteiger charge is -2.14. The molecule has 2 fully saturated rings. The molecule has 1 aromatic heterocycles. The number of rotatable bonds is 4. The highest BCUT2D eigenvalue weighted by Gasteiger charge is 2.27. The first kappa shape index (κ1) is 11.0. The summed E-state index contributed by atoms with van der Waals surface area (Å²) in [5.41, 5.74) is 3.45. The van der Waals surface area contributed by atoms with Crippen LogP contribution >= 0.6 is 0 Å². The molecule has 0 spiro atoms. The van der Waals surface area contributed by atoms with Gasteiger partial charge in [0.2, 0.25) is 0 Å². The maximum absolute atomic E-state index is 12.4. The number of hydrogen-bond acceptors (Lipinski definition) is 2. The zero-order chi connectivity index (χ0) is 12.0. The molecule has 0 bridgehead atoms. The van der Waals surface area contributed by atoms with Crippen molar-refractivity contribution >= 4 is 0 Å². The molecule has 3 heteroatoms. The van der Waals surface area contributed by atoms with E-state index in [1.807, 2.05) is 11.5 Å². The van der Waals surface area contributed by atoms with E-state index in [9.17, 15) is 4.79 Å². The highest BCUT2D eigenvalue weighted by Crippen LogP contribution is 2.34. The molecular weight excluding hydrogens is 212 g/mol. The standard InChI is InChI=1S/C14H20N2O/c1-9-7-10(2)16(12-5-6-12)14(17)13(9)8-15-11-3-4-11/h7,11-12,15H,3-6,8H2,1-2H3. The topological polar surface area (TPSA) is 34.0 Å². The van der Waals surface area contributed by atoms with Gasteiger partial charge in [0.1, 0.15) is 0 Å². The molecule has 1 heterocycles. The molecule has 0 unspecified atom stereocenters. The highest BCUT2D eigenvalue weighted by molar-refractivity contribution is 5.27. The largest absolute Gasteiger partial charge is 0.310 e. The van der Waals surface area contributed by atoms with Gasteiger partial charge in [-0.25, -0.2) is 0 Å². The fraction of sp³-hybridized carbons (Fsp3) is 0.643. The first-order valence-electron chi connectivity index (χ1n) is 6.62. The molecule has 1 aromatic rings. The van der Waals surface area contributed by atoms with Crippen LogP contribution in [-0.4, -0.2) is 10.6 Å². The summed E-state index contributed by atoms with van der Waals surface area (Å²) in [6, 6.07) is 3.29. The van der Waals surface area contributed by atoms with E-state index < -0.39 is 0 Å². The number of nitrogens with zero attached hydrogens (tertiary/aromatic N) is 1. The molecule has 3 nitrogen and oxygen atoms in total. The Morgan fingerprint density at radius 1 is 1.29 bits per heavy atom. The summed E-state index contributed by atoms with van der Waals surface area (Å²) >= 11 is 0. The van der Waals surface area contributed by atoms with Gasteiger partial charge in [-0.3, -0.25) is 4.79 Å². The summed E-state index contributed by atoms with van der Waals surface area (Å²) in [6.45, 7) is 4.84. The third-order valence-corrected chi connectivity index (χ3v) is 3.82. The van der Waals surface area contributed by atoms with Crippen LogP contribution in [0.3, 0.4) is 0 Å². The average molecular weight is 232 g/mol. The van der Waals surface area contributed by atoms with E-state index in [2.05, 4.69) is 18.3 Å². The molecule has 0 aromatic carbocycles. The Labute approximate surface area is 102 Å². The number of nitrogens with one attached hydrogen (secondary N) is 1. The second-order valence-electron chi connectivity index (χ2n) is 5.51. The Morgan fingerprint density at radius 2 is 2.00 bits per heavy atom. The molecule has 0 amide bonds. The number of pyridine rings is 1. The predicted octanol–water partition coefficient (Wildman–Crippen LogP) is 2.05. The number of hydrogen-bond donors (Lipinski definition) is 1. The third kappa shape index (κ3) is 2.16. The summed E-state index contributed by atoms with van der Waals surface area (Å²) in [5, 5.41) is 3.45. The van der Waals surface area contributed by atoms with Crippen LogP contribution in [0.25, 0.3) is 0 Å². The SMILES string of the molecule is Cc1cc(C)n(C2CC2)c(=O)c1CNC1CC1. The van der Waals surface area contributed by atoms with Crippen molar-refractivity contribution in [3.05, 3.63) is 33.2 Å². The lowest BCUT2D eigenvalue weighted by Crippen LogP contribution is -2.30. The van der Waals surface area contributed by atoms with Gasteiger partial charge < -0.3 is 9.88 Å². The zero-order valence-corrected chi connectivity index (χ0v) is 10.6. The van der Waals surface area contributed by atoms with Crippen molar-refractivity contribution in [1.82, 2.24) is 9.88 Å². The molecule has 3 rings (SSSR count). The molecular formula is C14H20N2O. The molecule has 17 heavy (non-hydrogen) atoms. The van der Waals surface area contributed by atoms with Crippen molar-refractivity contribution < 1.29 is 0 Å². The monoisotopic (exact) mass is 232 g/mol. The normalized spacial score (nSPS) is 19.6. The molecule has 0 radical (unpaired) electrons. The van der Waals surface area contributed by atoms with Crippen molar-refractivity contribution in [3.8, 4) is 0 Å². The number of aromatic nitrogens is 1. The summed E-state index contributed by atoms with van der Waals surface area (Å²) in [6.07, 6.45) is 4.86. The van der Waals surface area contributed by atoms with Crippen LogP contribution in [0.4, 0.5) is 0 Å². The van der Waals surface area contributed by atoms with Crippen molar-refractivity contribution in [2.75, 3.05) is 0 Å². The lowest BCUT2D eigenvalue weighted by atomic mass is 10.1. The molecule has 2 aliphatic rings. The minimum atomic E-state index is 0.234. The van der Waals surface area contributed by atoms with Gasteiger partial charge in [-0.2, -0.15) is 0 Å². The van der Waals surface area contributed by atoms with Crippen LogP contribution < -0.4 is 10.9 Å². The lowest BCUT2D eigenvalue weighted by molar-refractivity contribution is 0.635. The van der Waals surface area contributed by atoms with Crippen LogP contribution in [0.5, 0.6) is 0 Å². The van der Waals surface area contributed by atoms with Crippen LogP contribution in [0, 0.1) is 13.8 Å².